The van der Waals surface area contributed by atoms with E-state index in [2.05, 4.69) is 4.98 Å². The van der Waals surface area contributed by atoms with Gasteiger partial charge in [-0.3, -0.25) is 9.59 Å². The number of aromatic amines is 1. The molecule has 0 fully saturated rings. The molecule has 2 aromatic heterocycles. The molecular weight excluding hydrogens is 156 g/mol. The Balaban J connectivity index is 2.92. The second kappa shape index (κ2) is 2.34. The highest BCUT2D eigenvalue weighted by Gasteiger charge is 1.99. The van der Waals surface area contributed by atoms with E-state index in [-0.39, 0.29) is 5.56 Å². The van der Waals surface area contributed by atoms with Crippen LogP contribution in [0.4, 0.5) is 0 Å². The molecule has 0 radical (unpaired) electrons. The largest absolute Gasteiger partial charge is 0.326 e. The van der Waals surface area contributed by atoms with Crippen LogP contribution in [-0.4, -0.2) is 15.7 Å². The Morgan fingerprint density at radius 3 is 3.00 bits per heavy atom. The molecule has 60 valence electrons. The topological polar surface area (TPSA) is 54.3 Å². The van der Waals surface area contributed by atoms with E-state index in [1.165, 1.54) is 6.20 Å². The summed E-state index contributed by atoms with van der Waals surface area (Å²) in [5.41, 5.74) is 0.803. The first kappa shape index (κ1) is 6.84. The van der Waals surface area contributed by atoms with Gasteiger partial charge in [0.05, 0.1) is 0 Å². The summed E-state index contributed by atoms with van der Waals surface area (Å²) in [6, 6.07) is 1.55. The van der Waals surface area contributed by atoms with Crippen molar-refractivity contribution in [3.05, 3.63) is 40.6 Å². The number of hydrogen-bond acceptors (Lipinski definition) is 2. The number of rotatable bonds is 1. The lowest BCUT2D eigenvalue weighted by Gasteiger charge is -1.88. The van der Waals surface area contributed by atoms with Crippen molar-refractivity contribution in [2.75, 3.05) is 0 Å². The molecule has 0 bridgehead atoms. The van der Waals surface area contributed by atoms with E-state index in [1.807, 2.05) is 0 Å². The third-order valence-electron chi connectivity index (χ3n) is 1.69. The first-order valence-corrected chi connectivity index (χ1v) is 3.46. The lowest BCUT2D eigenvalue weighted by Crippen LogP contribution is -2.06. The second-order valence-corrected chi connectivity index (χ2v) is 2.47. The number of aromatic nitrogens is 2. The number of fused-ring (bicyclic) bond motifs is 1. The Hall–Kier alpha value is -1.84. The third kappa shape index (κ3) is 0.852. The molecule has 12 heavy (non-hydrogen) atoms. The van der Waals surface area contributed by atoms with E-state index in [0.29, 0.717) is 17.4 Å². The van der Waals surface area contributed by atoms with Gasteiger partial charge in [0, 0.05) is 24.2 Å². The van der Waals surface area contributed by atoms with Crippen molar-refractivity contribution in [3.8, 4) is 0 Å². The molecule has 0 atom stereocenters. The Labute approximate surface area is 67.5 Å². The van der Waals surface area contributed by atoms with E-state index >= 15 is 0 Å². The molecule has 1 N–H and O–H groups in total. The Morgan fingerprint density at radius 1 is 1.50 bits per heavy atom. The molecule has 0 unspecified atom stereocenters. The van der Waals surface area contributed by atoms with Gasteiger partial charge in [-0.25, -0.2) is 0 Å². The Kier molecular flexibility index (Phi) is 1.33. The fourth-order valence-corrected chi connectivity index (χ4v) is 1.14. The lowest BCUT2D eigenvalue weighted by molar-refractivity contribution is 0.112. The molecule has 0 aliphatic heterocycles. The molecule has 2 rings (SSSR count). The monoisotopic (exact) mass is 162 g/mol. The van der Waals surface area contributed by atoms with Gasteiger partial charge >= 0.3 is 0 Å². The van der Waals surface area contributed by atoms with Gasteiger partial charge in [-0.05, 0) is 6.07 Å². The van der Waals surface area contributed by atoms with Gasteiger partial charge in [0.15, 0.2) is 6.29 Å². The zero-order valence-corrected chi connectivity index (χ0v) is 6.15. The van der Waals surface area contributed by atoms with Crippen LogP contribution in [0.25, 0.3) is 5.52 Å². The van der Waals surface area contributed by atoms with Crippen LogP contribution in [0.15, 0.2) is 29.5 Å². The van der Waals surface area contributed by atoms with E-state index in [4.69, 9.17) is 0 Å². The van der Waals surface area contributed by atoms with Crippen molar-refractivity contribution in [2.24, 2.45) is 0 Å². The first-order valence-electron chi connectivity index (χ1n) is 3.46. The second-order valence-electron chi connectivity index (χ2n) is 2.47. The van der Waals surface area contributed by atoms with E-state index in [0.717, 1.165) is 0 Å². The molecule has 0 aromatic carbocycles. The molecule has 0 saturated heterocycles. The minimum absolute atomic E-state index is 0.189. The summed E-state index contributed by atoms with van der Waals surface area (Å²) >= 11 is 0. The number of carbonyl (C=O) groups is 1. The molecule has 4 heteroatoms. The number of carbonyl (C=O) groups excluding carboxylic acids is 1. The number of hydrogen-bond donors (Lipinski definition) is 1. The van der Waals surface area contributed by atoms with Crippen molar-refractivity contribution >= 4 is 11.8 Å². The highest BCUT2D eigenvalue weighted by molar-refractivity contribution is 5.77. The van der Waals surface area contributed by atoms with Crippen molar-refractivity contribution in [1.82, 2.24) is 9.38 Å². The summed E-state index contributed by atoms with van der Waals surface area (Å²) in [4.78, 5) is 24.0. The molecule has 2 aromatic rings. The summed E-state index contributed by atoms with van der Waals surface area (Å²) in [7, 11) is 0. The van der Waals surface area contributed by atoms with Gasteiger partial charge in [0.1, 0.15) is 5.52 Å². The predicted molar refractivity (Wildman–Crippen MR) is 43.4 cm³/mol. The van der Waals surface area contributed by atoms with Gasteiger partial charge in [0.2, 0.25) is 0 Å². The standard InChI is InChI=1S/C8H6N2O2/c11-5-6-3-7-8(12)9-1-2-10(7)4-6/h1-5H,(H,9,12). The highest BCUT2D eigenvalue weighted by Crippen LogP contribution is 2.01. The molecular formula is C8H6N2O2. The fraction of sp³-hybridized carbons (Fsp3) is 0. The van der Waals surface area contributed by atoms with Crippen LogP contribution < -0.4 is 5.56 Å². The van der Waals surface area contributed by atoms with Crippen LogP contribution in [0.5, 0.6) is 0 Å². The van der Waals surface area contributed by atoms with Crippen molar-refractivity contribution in [3.63, 3.8) is 0 Å². The van der Waals surface area contributed by atoms with E-state index in [9.17, 15) is 9.59 Å². The molecule has 0 saturated carbocycles. The maximum absolute atomic E-state index is 11.1. The van der Waals surface area contributed by atoms with Gasteiger partial charge in [0.25, 0.3) is 5.56 Å². The minimum atomic E-state index is -0.189. The molecule has 2 heterocycles. The molecule has 0 aliphatic carbocycles. The molecule has 0 spiro atoms. The normalized spacial score (nSPS) is 10.3. The summed E-state index contributed by atoms with van der Waals surface area (Å²) < 4.78 is 1.61. The van der Waals surface area contributed by atoms with Crippen molar-refractivity contribution in [2.45, 2.75) is 0 Å². The maximum atomic E-state index is 11.1. The summed E-state index contributed by atoms with van der Waals surface area (Å²) in [6.45, 7) is 0. The number of H-pyrrole nitrogens is 1. The van der Waals surface area contributed by atoms with Crippen LogP contribution in [0, 0.1) is 0 Å². The third-order valence-corrected chi connectivity index (χ3v) is 1.69. The lowest BCUT2D eigenvalue weighted by atomic mass is 10.4. The SMILES string of the molecule is O=Cc1cc2c(=O)[nH]ccn2c1. The van der Waals surface area contributed by atoms with E-state index in [1.54, 1.807) is 22.9 Å². The minimum Gasteiger partial charge on any atom is -0.326 e. The van der Waals surface area contributed by atoms with Crippen LogP contribution >= 0.6 is 0 Å². The van der Waals surface area contributed by atoms with Gasteiger partial charge in [-0.2, -0.15) is 0 Å². The van der Waals surface area contributed by atoms with Crippen LogP contribution in [-0.2, 0) is 0 Å². The smallest absolute Gasteiger partial charge is 0.272 e. The molecule has 0 amide bonds. The van der Waals surface area contributed by atoms with Gasteiger partial charge in [-0.15, -0.1) is 0 Å². The molecule has 0 aliphatic rings. The first-order chi connectivity index (χ1) is 5.81. The number of aldehydes is 1. The highest BCUT2D eigenvalue weighted by atomic mass is 16.1. The van der Waals surface area contributed by atoms with Crippen LogP contribution in [0.3, 0.4) is 0 Å². The van der Waals surface area contributed by atoms with E-state index < -0.39 is 0 Å². The number of nitrogens with zero attached hydrogens (tertiary/aromatic N) is 1. The summed E-state index contributed by atoms with van der Waals surface area (Å²) in [5, 5.41) is 0. The Morgan fingerprint density at radius 2 is 2.33 bits per heavy atom. The average Bonchev–Trinajstić information content (AvgIpc) is 2.49. The fourth-order valence-electron chi connectivity index (χ4n) is 1.14. The van der Waals surface area contributed by atoms with Gasteiger partial charge in [-0.1, -0.05) is 0 Å². The zero-order chi connectivity index (χ0) is 8.55. The predicted octanol–water partition coefficient (Wildman–Crippen LogP) is 0.440. The van der Waals surface area contributed by atoms with Crippen molar-refractivity contribution < 1.29 is 4.79 Å². The molecule has 4 nitrogen and oxygen atoms in total. The Bertz CT molecular complexity index is 481. The maximum Gasteiger partial charge on any atom is 0.272 e. The zero-order valence-electron chi connectivity index (χ0n) is 6.15. The average molecular weight is 162 g/mol. The summed E-state index contributed by atoms with van der Waals surface area (Å²) in [5.74, 6) is 0. The van der Waals surface area contributed by atoms with Gasteiger partial charge < -0.3 is 9.38 Å². The van der Waals surface area contributed by atoms with Crippen LogP contribution in [0.1, 0.15) is 10.4 Å². The quantitative estimate of drug-likeness (QED) is 0.618. The summed E-state index contributed by atoms with van der Waals surface area (Å²) in [6.07, 6.45) is 5.54. The van der Waals surface area contributed by atoms with Crippen LogP contribution in [0.2, 0.25) is 0 Å². The number of nitrogens with one attached hydrogen (secondary N) is 1. The van der Waals surface area contributed by atoms with Crippen molar-refractivity contribution in [1.29, 1.82) is 0 Å².